The van der Waals surface area contributed by atoms with Crippen LogP contribution in [0.25, 0.3) is 0 Å². The van der Waals surface area contributed by atoms with Crippen LogP contribution in [0.15, 0.2) is 23.8 Å². The van der Waals surface area contributed by atoms with Gasteiger partial charge in [-0.3, -0.25) is 9.59 Å². The van der Waals surface area contributed by atoms with Crippen molar-refractivity contribution in [1.29, 1.82) is 0 Å². The number of carbonyl (C=O) groups is 2. The highest BCUT2D eigenvalue weighted by Crippen LogP contribution is 2.54. The molecular weight excluding hydrogens is 240 g/mol. The van der Waals surface area contributed by atoms with Gasteiger partial charge in [0.1, 0.15) is 5.60 Å². The van der Waals surface area contributed by atoms with Crippen LogP contribution in [0.5, 0.6) is 0 Å². The Hall–Kier alpha value is -1.22. The molecule has 3 rings (SSSR count). The lowest BCUT2D eigenvalue weighted by molar-refractivity contribution is -0.154. The lowest BCUT2D eigenvalue weighted by Crippen LogP contribution is -2.48. The second-order valence-electron chi connectivity index (χ2n) is 6.62. The zero-order valence-electron chi connectivity index (χ0n) is 11.7. The third-order valence-corrected chi connectivity index (χ3v) is 4.90. The Bertz CT molecular complexity index is 512. The molecule has 102 valence electrons. The van der Waals surface area contributed by atoms with Gasteiger partial charge < -0.3 is 4.74 Å². The van der Waals surface area contributed by atoms with Crippen molar-refractivity contribution in [3.63, 3.8) is 0 Å². The minimum absolute atomic E-state index is 0.00678. The van der Waals surface area contributed by atoms with E-state index in [4.69, 9.17) is 4.74 Å². The van der Waals surface area contributed by atoms with Crippen molar-refractivity contribution in [3.05, 3.63) is 23.8 Å². The van der Waals surface area contributed by atoms with Crippen molar-refractivity contribution < 1.29 is 14.3 Å². The summed E-state index contributed by atoms with van der Waals surface area (Å²) in [5, 5.41) is 0. The number of hydrogen-bond acceptors (Lipinski definition) is 3. The highest BCUT2D eigenvalue weighted by molar-refractivity contribution is 6.10. The van der Waals surface area contributed by atoms with Crippen LogP contribution < -0.4 is 0 Å². The molecule has 1 spiro atoms. The molecule has 19 heavy (non-hydrogen) atoms. The number of allylic oxidation sites excluding steroid dienone is 2. The summed E-state index contributed by atoms with van der Waals surface area (Å²) in [6.07, 6.45) is 7.25. The molecule has 2 aliphatic carbocycles. The maximum Gasteiger partial charge on any atom is 0.188 e. The van der Waals surface area contributed by atoms with Crippen LogP contribution in [0.2, 0.25) is 0 Å². The molecule has 3 aliphatic rings. The second kappa shape index (κ2) is 3.89. The fraction of sp³-hybridized carbons (Fsp3) is 0.625. The number of rotatable bonds is 0. The summed E-state index contributed by atoms with van der Waals surface area (Å²) in [6.45, 7) is 6.19. The average Bonchev–Trinajstić information content (AvgIpc) is 2.53. The molecule has 1 heterocycles. The second-order valence-corrected chi connectivity index (χ2v) is 6.62. The summed E-state index contributed by atoms with van der Waals surface area (Å²) in [5.41, 5.74) is 0.0155. The quantitative estimate of drug-likeness (QED) is 0.629. The molecule has 0 radical (unpaired) electrons. The maximum absolute atomic E-state index is 12.4. The molecule has 3 nitrogen and oxygen atoms in total. The molecule has 1 saturated heterocycles. The predicted molar refractivity (Wildman–Crippen MR) is 71.6 cm³/mol. The first-order valence-electron chi connectivity index (χ1n) is 6.98. The fourth-order valence-electron chi connectivity index (χ4n) is 4.00. The van der Waals surface area contributed by atoms with Gasteiger partial charge in [0.15, 0.2) is 11.6 Å². The zero-order valence-corrected chi connectivity index (χ0v) is 11.7. The van der Waals surface area contributed by atoms with Gasteiger partial charge in [-0.05, 0) is 51.7 Å². The Morgan fingerprint density at radius 2 is 2.00 bits per heavy atom. The van der Waals surface area contributed by atoms with E-state index in [0.29, 0.717) is 5.92 Å². The molecule has 0 aromatic rings. The van der Waals surface area contributed by atoms with E-state index in [2.05, 4.69) is 13.0 Å². The van der Waals surface area contributed by atoms with Crippen molar-refractivity contribution in [1.82, 2.24) is 0 Å². The Balaban J connectivity index is 2.11. The van der Waals surface area contributed by atoms with Crippen molar-refractivity contribution >= 4 is 11.6 Å². The predicted octanol–water partition coefficient (Wildman–Crippen LogP) is 2.60. The number of hydrogen-bond donors (Lipinski definition) is 0. The first-order chi connectivity index (χ1) is 8.85. The zero-order chi connectivity index (χ0) is 13.8. The molecule has 1 aliphatic heterocycles. The average molecular weight is 260 g/mol. The van der Waals surface area contributed by atoms with E-state index in [-0.39, 0.29) is 29.5 Å². The minimum Gasteiger partial charge on any atom is -0.360 e. The van der Waals surface area contributed by atoms with Gasteiger partial charge in [0.05, 0.1) is 5.60 Å². The molecule has 0 aromatic heterocycles. The van der Waals surface area contributed by atoms with Crippen LogP contribution in [0.1, 0.15) is 40.0 Å². The SMILES string of the molecule is CC1=C[C@@H]2[C@H](CC1)C(C)(C)O[C@]21CC(=O)C=CC1=O. The van der Waals surface area contributed by atoms with Crippen LogP contribution in [-0.4, -0.2) is 22.8 Å². The molecule has 3 atom stereocenters. The van der Waals surface area contributed by atoms with E-state index in [1.54, 1.807) is 0 Å². The van der Waals surface area contributed by atoms with E-state index in [1.165, 1.54) is 17.7 Å². The Kier molecular flexibility index (Phi) is 2.62. The largest absolute Gasteiger partial charge is 0.360 e. The number of fused-ring (bicyclic) bond motifs is 2. The lowest BCUT2D eigenvalue weighted by Gasteiger charge is -2.35. The van der Waals surface area contributed by atoms with Gasteiger partial charge in [0.2, 0.25) is 0 Å². The van der Waals surface area contributed by atoms with Gasteiger partial charge in [-0.1, -0.05) is 11.6 Å². The summed E-state index contributed by atoms with van der Waals surface area (Å²) in [7, 11) is 0. The maximum atomic E-state index is 12.4. The molecule has 0 N–H and O–H groups in total. The molecule has 0 amide bonds. The van der Waals surface area contributed by atoms with Gasteiger partial charge in [0.25, 0.3) is 0 Å². The number of ether oxygens (including phenoxy) is 1. The lowest BCUT2D eigenvalue weighted by atomic mass is 9.66. The molecule has 1 fully saturated rings. The summed E-state index contributed by atoms with van der Waals surface area (Å²) in [4.78, 5) is 24.2. The van der Waals surface area contributed by atoms with Gasteiger partial charge in [-0.25, -0.2) is 0 Å². The van der Waals surface area contributed by atoms with Crippen molar-refractivity contribution in [2.75, 3.05) is 0 Å². The molecule has 0 bridgehead atoms. The third kappa shape index (κ3) is 1.75. The van der Waals surface area contributed by atoms with Gasteiger partial charge in [-0.15, -0.1) is 0 Å². The highest BCUT2D eigenvalue weighted by Gasteiger charge is 2.62. The molecule has 0 aromatic carbocycles. The summed E-state index contributed by atoms with van der Waals surface area (Å²) in [6, 6.07) is 0. The summed E-state index contributed by atoms with van der Waals surface area (Å²) >= 11 is 0. The summed E-state index contributed by atoms with van der Waals surface area (Å²) < 4.78 is 6.19. The first-order valence-corrected chi connectivity index (χ1v) is 6.98. The Labute approximate surface area is 113 Å². The molecule has 0 unspecified atom stereocenters. The third-order valence-electron chi connectivity index (χ3n) is 4.90. The van der Waals surface area contributed by atoms with Crippen LogP contribution in [0.3, 0.4) is 0 Å². The van der Waals surface area contributed by atoms with Gasteiger partial charge in [-0.2, -0.15) is 0 Å². The normalized spacial score (nSPS) is 40.5. The Morgan fingerprint density at radius 1 is 1.26 bits per heavy atom. The van der Waals surface area contributed by atoms with Crippen molar-refractivity contribution in [2.24, 2.45) is 11.8 Å². The van der Waals surface area contributed by atoms with Crippen LogP contribution >= 0.6 is 0 Å². The number of ketones is 2. The standard InChI is InChI=1S/C16H20O3/c1-10-4-6-12-13(8-10)16(19-15(12,2)3)9-11(17)5-7-14(16)18/h5,7-8,12-13H,4,6,9H2,1-3H3/t12-,13+,16+/m0/s1. The van der Waals surface area contributed by atoms with Crippen molar-refractivity contribution in [2.45, 2.75) is 51.2 Å². The molecule has 0 saturated carbocycles. The van der Waals surface area contributed by atoms with Crippen molar-refractivity contribution in [3.8, 4) is 0 Å². The monoisotopic (exact) mass is 260 g/mol. The van der Waals surface area contributed by atoms with Crippen LogP contribution in [0, 0.1) is 11.8 Å². The summed E-state index contributed by atoms with van der Waals surface area (Å²) in [5.74, 6) is 0.309. The number of carbonyl (C=O) groups excluding carboxylic acids is 2. The fourth-order valence-corrected chi connectivity index (χ4v) is 4.00. The van der Waals surface area contributed by atoms with E-state index >= 15 is 0 Å². The van der Waals surface area contributed by atoms with Crippen LogP contribution in [0.4, 0.5) is 0 Å². The first kappa shape index (κ1) is 12.8. The molecular formula is C16H20O3. The van der Waals surface area contributed by atoms with E-state index < -0.39 is 5.60 Å². The van der Waals surface area contributed by atoms with E-state index in [1.807, 2.05) is 13.8 Å². The van der Waals surface area contributed by atoms with E-state index in [0.717, 1.165) is 12.8 Å². The van der Waals surface area contributed by atoms with E-state index in [9.17, 15) is 9.59 Å². The molecule has 3 heteroatoms. The van der Waals surface area contributed by atoms with Crippen LogP contribution in [-0.2, 0) is 14.3 Å². The smallest absolute Gasteiger partial charge is 0.188 e. The topological polar surface area (TPSA) is 43.4 Å². The highest BCUT2D eigenvalue weighted by atomic mass is 16.5. The van der Waals surface area contributed by atoms with Gasteiger partial charge in [0, 0.05) is 12.3 Å². The Morgan fingerprint density at radius 3 is 2.74 bits per heavy atom. The minimum atomic E-state index is -0.943. The van der Waals surface area contributed by atoms with Gasteiger partial charge >= 0.3 is 0 Å².